The van der Waals surface area contributed by atoms with Crippen LogP contribution >= 0.6 is 23.2 Å². The fourth-order valence-corrected chi connectivity index (χ4v) is 1.85. The molecule has 0 fully saturated rings. The molecule has 0 bridgehead atoms. The Morgan fingerprint density at radius 1 is 1.00 bits per heavy atom. The van der Waals surface area contributed by atoms with Crippen LogP contribution < -0.4 is 4.74 Å². The summed E-state index contributed by atoms with van der Waals surface area (Å²) in [4.78, 5) is 0. The smallest absolute Gasteiger partial charge is 0.156 e. The number of halogens is 2. The van der Waals surface area contributed by atoms with Crippen molar-refractivity contribution in [2.45, 2.75) is 39.7 Å². The Morgan fingerprint density at radius 3 is 1.80 bits per heavy atom. The molecule has 0 aliphatic heterocycles. The van der Waals surface area contributed by atoms with E-state index in [2.05, 4.69) is 13.8 Å². The van der Waals surface area contributed by atoms with Gasteiger partial charge in [-0.1, -0.05) is 37.0 Å². The molecular weight excluding hydrogens is 231 g/mol. The molecule has 1 rings (SSSR count). The predicted octanol–water partition coefficient (Wildman–Crippen LogP) is 4.90. The number of ether oxygens (including phenoxy) is 1. The van der Waals surface area contributed by atoms with Gasteiger partial charge in [0.25, 0.3) is 0 Å². The molecule has 1 aromatic rings. The van der Waals surface area contributed by atoms with Crippen LogP contribution in [-0.2, 0) is 0 Å². The first kappa shape index (κ1) is 12.7. The van der Waals surface area contributed by atoms with Gasteiger partial charge < -0.3 is 4.74 Å². The molecule has 0 aromatic heterocycles. The van der Waals surface area contributed by atoms with E-state index in [1.807, 2.05) is 26.0 Å². The highest BCUT2D eigenvalue weighted by atomic mass is 35.5. The minimum absolute atomic E-state index is 0.0740. The first-order valence-corrected chi connectivity index (χ1v) is 5.83. The van der Waals surface area contributed by atoms with E-state index in [4.69, 9.17) is 27.9 Å². The van der Waals surface area contributed by atoms with Gasteiger partial charge in [0.1, 0.15) is 0 Å². The van der Waals surface area contributed by atoms with Crippen molar-refractivity contribution < 1.29 is 4.74 Å². The summed E-state index contributed by atoms with van der Waals surface area (Å²) in [6.45, 7) is 8.10. The molecule has 0 heterocycles. The fraction of sp³-hybridized carbons (Fsp3) is 0.500. The van der Waals surface area contributed by atoms with Gasteiger partial charge in [0.15, 0.2) is 5.75 Å². The molecule has 0 amide bonds. The van der Waals surface area contributed by atoms with E-state index in [1.54, 1.807) is 0 Å². The second kappa shape index (κ2) is 5.09. The maximum atomic E-state index is 6.11. The number of hydrogen-bond donors (Lipinski definition) is 0. The van der Waals surface area contributed by atoms with E-state index >= 15 is 0 Å². The molecular formula is C12H16Cl2O. The summed E-state index contributed by atoms with van der Waals surface area (Å²) in [5.74, 6) is 0.992. The van der Waals surface area contributed by atoms with Crippen molar-refractivity contribution in [2.24, 2.45) is 0 Å². The molecule has 0 spiro atoms. The second-order valence-electron chi connectivity index (χ2n) is 4.13. The Morgan fingerprint density at radius 2 is 1.47 bits per heavy atom. The van der Waals surface area contributed by atoms with Crippen LogP contribution in [0.15, 0.2) is 12.1 Å². The summed E-state index contributed by atoms with van der Waals surface area (Å²) in [6.07, 6.45) is 0.0740. The molecule has 84 valence electrons. The normalized spacial score (nSPS) is 11.2. The number of rotatable bonds is 3. The first-order chi connectivity index (χ1) is 6.91. The van der Waals surface area contributed by atoms with Gasteiger partial charge in [-0.15, -0.1) is 0 Å². The maximum Gasteiger partial charge on any atom is 0.156 e. The summed E-state index contributed by atoms with van der Waals surface area (Å²) in [5, 5.41) is 1.17. The van der Waals surface area contributed by atoms with Gasteiger partial charge in [-0.25, -0.2) is 0 Å². The summed E-state index contributed by atoms with van der Waals surface area (Å²) in [6, 6.07) is 3.83. The van der Waals surface area contributed by atoms with Gasteiger partial charge in [-0.3, -0.25) is 0 Å². The zero-order chi connectivity index (χ0) is 11.6. The monoisotopic (exact) mass is 246 g/mol. The second-order valence-corrected chi connectivity index (χ2v) is 4.95. The largest absolute Gasteiger partial charge is 0.488 e. The number of hydrogen-bond acceptors (Lipinski definition) is 1. The highest BCUT2D eigenvalue weighted by Gasteiger charge is 2.12. The van der Waals surface area contributed by atoms with Crippen molar-refractivity contribution in [3.63, 3.8) is 0 Å². The molecule has 0 saturated heterocycles. The lowest BCUT2D eigenvalue weighted by Gasteiger charge is -2.15. The van der Waals surface area contributed by atoms with Gasteiger partial charge in [-0.2, -0.15) is 0 Å². The zero-order valence-corrected chi connectivity index (χ0v) is 11.0. The standard InChI is InChI=1S/C12H16Cl2O/c1-7(2)9-5-10(13)12(11(14)6-9)15-8(3)4/h5-8H,1-4H3. The van der Waals surface area contributed by atoms with Crippen LogP contribution in [-0.4, -0.2) is 6.10 Å². The molecule has 0 atom stereocenters. The lowest BCUT2D eigenvalue weighted by molar-refractivity contribution is 0.242. The maximum absolute atomic E-state index is 6.11. The third-order valence-electron chi connectivity index (χ3n) is 2.04. The van der Waals surface area contributed by atoms with Crippen LogP contribution in [0.3, 0.4) is 0 Å². The lowest BCUT2D eigenvalue weighted by atomic mass is 10.0. The Labute approximate surface area is 101 Å². The van der Waals surface area contributed by atoms with Crippen LogP contribution in [0, 0.1) is 0 Å². The van der Waals surface area contributed by atoms with Gasteiger partial charge in [0, 0.05) is 0 Å². The molecule has 3 heteroatoms. The Bertz CT molecular complexity index is 322. The topological polar surface area (TPSA) is 9.23 Å². The van der Waals surface area contributed by atoms with Gasteiger partial charge >= 0.3 is 0 Å². The van der Waals surface area contributed by atoms with E-state index in [0.29, 0.717) is 21.7 Å². The zero-order valence-electron chi connectivity index (χ0n) is 9.47. The Kier molecular flexibility index (Phi) is 4.30. The van der Waals surface area contributed by atoms with E-state index in [9.17, 15) is 0 Å². The van der Waals surface area contributed by atoms with Crippen LogP contribution in [0.25, 0.3) is 0 Å². The molecule has 0 radical (unpaired) electrons. The molecule has 0 saturated carbocycles. The van der Waals surface area contributed by atoms with Crippen LogP contribution in [0.1, 0.15) is 39.2 Å². The van der Waals surface area contributed by atoms with Gasteiger partial charge in [-0.05, 0) is 37.5 Å². The quantitative estimate of drug-likeness (QED) is 0.737. The molecule has 1 nitrogen and oxygen atoms in total. The van der Waals surface area contributed by atoms with Crippen LogP contribution in [0.2, 0.25) is 10.0 Å². The van der Waals surface area contributed by atoms with Crippen molar-refractivity contribution in [3.05, 3.63) is 27.7 Å². The van der Waals surface area contributed by atoms with Crippen molar-refractivity contribution in [3.8, 4) is 5.75 Å². The van der Waals surface area contributed by atoms with E-state index in [0.717, 1.165) is 5.56 Å². The van der Waals surface area contributed by atoms with Gasteiger partial charge in [0.05, 0.1) is 16.1 Å². The molecule has 15 heavy (non-hydrogen) atoms. The molecule has 0 aliphatic rings. The van der Waals surface area contributed by atoms with Crippen LogP contribution in [0.5, 0.6) is 5.75 Å². The Balaban J connectivity index is 3.10. The molecule has 0 aliphatic carbocycles. The molecule has 0 unspecified atom stereocenters. The average Bonchev–Trinajstić information content (AvgIpc) is 2.10. The minimum Gasteiger partial charge on any atom is -0.488 e. The summed E-state index contributed by atoms with van der Waals surface area (Å²) < 4.78 is 5.55. The average molecular weight is 247 g/mol. The Hall–Kier alpha value is -0.400. The first-order valence-electron chi connectivity index (χ1n) is 5.07. The third-order valence-corrected chi connectivity index (χ3v) is 2.60. The predicted molar refractivity (Wildman–Crippen MR) is 66.3 cm³/mol. The van der Waals surface area contributed by atoms with Crippen molar-refractivity contribution >= 4 is 23.2 Å². The summed E-state index contributed by atoms with van der Waals surface area (Å²) in [5.41, 5.74) is 1.13. The molecule has 1 aromatic carbocycles. The fourth-order valence-electron chi connectivity index (χ4n) is 1.26. The summed E-state index contributed by atoms with van der Waals surface area (Å²) >= 11 is 12.2. The lowest BCUT2D eigenvalue weighted by Crippen LogP contribution is -2.06. The van der Waals surface area contributed by atoms with Gasteiger partial charge in [0.2, 0.25) is 0 Å². The van der Waals surface area contributed by atoms with Crippen molar-refractivity contribution in [2.75, 3.05) is 0 Å². The minimum atomic E-state index is 0.0740. The third kappa shape index (κ3) is 3.29. The van der Waals surface area contributed by atoms with E-state index < -0.39 is 0 Å². The van der Waals surface area contributed by atoms with E-state index in [1.165, 1.54) is 0 Å². The highest BCUT2D eigenvalue weighted by Crippen LogP contribution is 2.36. The van der Waals surface area contributed by atoms with Crippen LogP contribution in [0.4, 0.5) is 0 Å². The van der Waals surface area contributed by atoms with E-state index in [-0.39, 0.29) is 6.10 Å². The SMILES string of the molecule is CC(C)Oc1c(Cl)cc(C(C)C)cc1Cl. The van der Waals surface area contributed by atoms with Crippen molar-refractivity contribution in [1.29, 1.82) is 0 Å². The molecule has 0 N–H and O–H groups in total. The summed E-state index contributed by atoms with van der Waals surface area (Å²) in [7, 11) is 0. The highest BCUT2D eigenvalue weighted by molar-refractivity contribution is 6.37. The van der Waals surface area contributed by atoms with Crippen molar-refractivity contribution in [1.82, 2.24) is 0 Å². The number of benzene rings is 1.